The minimum absolute atomic E-state index is 0.473. The summed E-state index contributed by atoms with van der Waals surface area (Å²) >= 11 is 0. The van der Waals surface area contributed by atoms with Crippen LogP contribution in [0.2, 0.25) is 0 Å². The quantitative estimate of drug-likeness (QED) is 0.707. The van der Waals surface area contributed by atoms with E-state index in [0.717, 1.165) is 12.2 Å². The van der Waals surface area contributed by atoms with Crippen LogP contribution in [0.15, 0.2) is 35.0 Å². The first kappa shape index (κ1) is 7.03. The molecule has 0 saturated heterocycles. The fraction of sp³-hybridized carbons (Fsp3) is 0.111. The summed E-state index contributed by atoms with van der Waals surface area (Å²) in [5, 5.41) is 0. The molecule has 0 unspecified atom stereocenters. The van der Waals surface area contributed by atoms with E-state index in [2.05, 4.69) is 4.98 Å². The summed E-state index contributed by atoms with van der Waals surface area (Å²) in [6, 6.07) is 5.67. The van der Waals surface area contributed by atoms with Gasteiger partial charge in [-0.25, -0.2) is 0 Å². The van der Waals surface area contributed by atoms with Crippen molar-refractivity contribution in [2.24, 2.45) is 0 Å². The Bertz CT molecular complexity index is 348. The van der Waals surface area contributed by atoms with Crippen LogP contribution in [0.1, 0.15) is 11.3 Å². The van der Waals surface area contributed by atoms with Crippen molar-refractivity contribution in [2.75, 3.05) is 5.73 Å². The Morgan fingerprint density at radius 2 is 2.25 bits per heavy atom. The lowest BCUT2D eigenvalue weighted by Crippen LogP contribution is -1.82. The maximum atomic E-state index is 5.43. The number of hydrogen-bond donors (Lipinski definition) is 2. The summed E-state index contributed by atoms with van der Waals surface area (Å²) in [5.41, 5.74) is 6.63. The summed E-state index contributed by atoms with van der Waals surface area (Å²) in [5.74, 6) is 1.37. The number of nitrogens with two attached hydrogens (primary N) is 1. The van der Waals surface area contributed by atoms with Gasteiger partial charge in [0.1, 0.15) is 5.76 Å². The minimum atomic E-state index is 0.473. The van der Waals surface area contributed by atoms with Gasteiger partial charge >= 0.3 is 0 Å². The maximum Gasteiger partial charge on any atom is 0.190 e. The molecule has 0 spiro atoms. The van der Waals surface area contributed by atoms with Gasteiger partial charge in [0.05, 0.1) is 0 Å². The van der Waals surface area contributed by atoms with E-state index in [1.165, 1.54) is 5.56 Å². The number of H-pyrrole nitrogens is 1. The fourth-order valence-electron chi connectivity index (χ4n) is 1.16. The number of furan rings is 1. The molecule has 0 aliphatic heterocycles. The lowest BCUT2D eigenvalue weighted by molar-refractivity contribution is 0.539. The molecule has 2 aromatic heterocycles. The molecule has 3 nitrogen and oxygen atoms in total. The number of nitrogens with one attached hydrogen (secondary N) is 1. The van der Waals surface area contributed by atoms with E-state index in [4.69, 9.17) is 10.2 Å². The van der Waals surface area contributed by atoms with Crippen LogP contribution in [0.4, 0.5) is 5.88 Å². The average molecular weight is 162 g/mol. The highest BCUT2D eigenvalue weighted by molar-refractivity contribution is 5.27. The largest absolute Gasteiger partial charge is 0.446 e. The van der Waals surface area contributed by atoms with Crippen molar-refractivity contribution in [3.8, 4) is 0 Å². The van der Waals surface area contributed by atoms with Gasteiger partial charge in [-0.1, -0.05) is 0 Å². The van der Waals surface area contributed by atoms with E-state index in [-0.39, 0.29) is 0 Å². The summed E-state index contributed by atoms with van der Waals surface area (Å²) < 4.78 is 5.22. The Labute approximate surface area is 70.2 Å². The highest BCUT2D eigenvalue weighted by Gasteiger charge is 2.00. The Balaban J connectivity index is 2.14. The van der Waals surface area contributed by atoms with E-state index < -0.39 is 0 Å². The summed E-state index contributed by atoms with van der Waals surface area (Å²) in [7, 11) is 0. The first-order valence-electron chi connectivity index (χ1n) is 3.80. The van der Waals surface area contributed by atoms with E-state index in [0.29, 0.717) is 5.88 Å². The number of aromatic nitrogens is 1. The normalized spacial score (nSPS) is 10.3. The molecule has 0 fully saturated rings. The van der Waals surface area contributed by atoms with Crippen LogP contribution in [-0.4, -0.2) is 4.98 Å². The van der Waals surface area contributed by atoms with Gasteiger partial charge < -0.3 is 15.1 Å². The number of anilines is 1. The van der Waals surface area contributed by atoms with Crippen molar-refractivity contribution in [3.63, 3.8) is 0 Å². The molecule has 0 aliphatic rings. The van der Waals surface area contributed by atoms with Crippen molar-refractivity contribution in [3.05, 3.63) is 41.9 Å². The predicted octanol–water partition coefficient (Wildman–Crippen LogP) is 1.78. The second-order valence-electron chi connectivity index (χ2n) is 2.70. The second kappa shape index (κ2) is 2.77. The molecule has 0 radical (unpaired) electrons. The molecule has 3 heteroatoms. The molecule has 0 aliphatic carbocycles. The third-order valence-electron chi connectivity index (χ3n) is 1.72. The van der Waals surface area contributed by atoms with Crippen molar-refractivity contribution in [2.45, 2.75) is 6.42 Å². The van der Waals surface area contributed by atoms with Crippen molar-refractivity contribution in [1.82, 2.24) is 4.98 Å². The monoisotopic (exact) mass is 162 g/mol. The molecule has 0 amide bonds. The summed E-state index contributed by atoms with van der Waals surface area (Å²) in [6.45, 7) is 0. The molecule has 3 N–H and O–H groups in total. The number of nitrogen functional groups attached to an aromatic ring is 1. The van der Waals surface area contributed by atoms with Gasteiger partial charge in [-0.2, -0.15) is 0 Å². The van der Waals surface area contributed by atoms with Crippen LogP contribution >= 0.6 is 0 Å². The SMILES string of the molecule is Nc1ccc(Cc2cc[nH]c2)o1. The highest BCUT2D eigenvalue weighted by atomic mass is 16.3. The zero-order valence-corrected chi connectivity index (χ0v) is 6.58. The van der Waals surface area contributed by atoms with Crippen molar-refractivity contribution in [1.29, 1.82) is 0 Å². The molecule has 62 valence electrons. The summed E-state index contributed by atoms with van der Waals surface area (Å²) in [6.07, 6.45) is 4.63. The molecule has 0 aromatic carbocycles. The summed E-state index contributed by atoms with van der Waals surface area (Å²) in [4.78, 5) is 2.98. The third kappa shape index (κ3) is 1.34. The van der Waals surface area contributed by atoms with Crippen LogP contribution in [0, 0.1) is 0 Å². The molecule has 0 atom stereocenters. The molecule has 0 bridgehead atoms. The van der Waals surface area contributed by atoms with Crippen molar-refractivity contribution >= 4 is 5.88 Å². The highest BCUT2D eigenvalue weighted by Crippen LogP contribution is 2.13. The van der Waals surface area contributed by atoms with E-state index in [1.807, 2.05) is 24.5 Å². The van der Waals surface area contributed by atoms with Gasteiger partial charge in [-0.05, 0) is 17.7 Å². The molecule has 12 heavy (non-hydrogen) atoms. The maximum absolute atomic E-state index is 5.43. The van der Waals surface area contributed by atoms with E-state index in [9.17, 15) is 0 Å². The van der Waals surface area contributed by atoms with Gasteiger partial charge in [0.15, 0.2) is 5.88 Å². The van der Waals surface area contributed by atoms with Crippen LogP contribution < -0.4 is 5.73 Å². The van der Waals surface area contributed by atoms with Crippen LogP contribution in [0.3, 0.4) is 0 Å². The van der Waals surface area contributed by atoms with Gasteiger partial charge in [0.25, 0.3) is 0 Å². The Kier molecular flexibility index (Phi) is 1.63. The minimum Gasteiger partial charge on any atom is -0.446 e. The van der Waals surface area contributed by atoms with Gasteiger partial charge in [-0.15, -0.1) is 0 Å². The number of aromatic amines is 1. The lowest BCUT2D eigenvalue weighted by Gasteiger charge is -1.91. The molecule has 2 rings (SSSR count). The topological polar surface area (TPSA) is 55.0 Å². The first-order valence-corrected chi connectivity index (χ1v) is 3.80. The van der Waals surface area contributed by atoms with Crippen LogP contribution in [-0.2, 0) is 6.42 Å². The molecule has 2 aromatic rings. The fourth-order valence-corrected chi connectivity index (χ4v) is 1.16. The van der Waals surface area contributed by atoms with E-state index >= 15 is 0 Å². The van der Waals surface area contributed by atoms with Gasteiger partial charge in [0.2, 0.25) is 0 Å². The third-order valence-corrected chi connectivity index (χ3v) is 1.72. The first-order chi connectivity index (χ1) is 5.84. The van der Waals surface area contributed by atoms with Crippen LogP contribution in [0.5, 0.6) is 0 Å². The number of hydrogen-bond acceptors (Lipinski definition) is 2. The molecular weight excluding hydrogens is 152 g/mol. The van der Waals surface area contributed by atoms with E-state index in [1.54, 1.807) is 6.07 Å². The molecule has 2 heterocycles. The number of rotatable bonds is 2. The van der Waals surface area contributed by atoms with Crippen molar-refractivity contribution < 1.29 is 4.42 Å². The zero-order valence-electron chi connectivity index (χ0n) is 6.58. The second-order valence-corrected chi connectivity index (χ2v) is 2.70. The van der Waals surface area contributed by atoms with Gasteiger partial charge in [-0.3, -0.25) is 0 Å². The molecular formula is C9H10N2O. The molecule has 0 saturated carbocycles. The predicted molar refractivity (Wildman–Crippen MR) is 46.7 cm³/mol. The standard InChI is InChI=1S/C9H10N2O/c10-9-2-1-8(12-9)5-7-3-4-11-6-7/h1-4,6,11H,5,10H2. The average Bonchev–Trinajstić information content (AvgIpc) is 2.63. The van der Waals surface area contributed by atoms with Crippen LogP contribution in [0.25, 0.3) is 0 Å². The zero-order chi connectivity index (χ0) is 8.39. The Morgan fingerprint density at radius 3 is 2.83 bits per heavy atom. The Morgan fingerprint density at radius 1 is 1.33 bits per heavy atom. The van der Waals surface area contributed by atoms with Gasteiger partial charge in [0, 0.05) is 24.9 Å². The Hall–Kier alpha value is -1.64. The smallest absolute Gasteiger partial charge is 0.190 e. The lowest BCUT2D eigenvalue weighted by atomic mass is 10.2.